The third-order valence-electron chi connectivity index (χ3n) is 1.81. The molecule has 2 nitrogen and oxygen atoms in total. The Morgan fingerprint density at radius 2 is 2.08 bits per heavy atom. The Bertz CT molecular complexity index is 226. The Morgan fingerprint density at radius 3 is 2.50 bits per heavy atom. The highest BCUT2D eigenvalue weighted by atomic mass is 15.1. The molecule has 0 aliphatic rings. The van der Waals surface area contributed by atoms with Gasteiger partial charge in [-0.15, -0.1) is 0 Å². The molecule has 0 bridgehead atoms. The van der Waals surface area contributed by atoms with Crippen molar-refractivity contribution in [2.75, 3.05) is 19.0 Å². The molecule has 0 aliphatic heterocycles. The van der Waals surface area contributed by atoms with Crippen LogP contribution < -0.4 is 4.90 Å². The van der Waals surface area contributed by atoms with E-state index in [0.29, 0.717) is 0 Å². The van der Waals surface area contributed by atoms with Gasteiger partial charge in [0.15, 0.2) is 0 Å². The van der Waals surface area contributed by atoms with Crippen LogP contribution in [0.5, 0.6) is 0 Å². The zero-order chi connectivity index (χ0) is 8.97. The summed E-state index contributed by atoms with van der Waals surface area (Å²) < 4.78 is 0. The summed E-state index contributed by atoms with van der Waals surface area (Å²) in [4.78, 5) is 6.33. The van der Waals surface area contributed by atoms with Crippen molar-refractivity contribution in [3.63, 3.8) is 0 Å². The molecule has 66 valence electrons. The number of aromatic nitrogens is 1. The average molecular weight is 164 g/mol. The monoisotopic (exact) mass is 164 g/mol. The second-order valence-electron chi connectivity index (χ2n) is 3.17. The molecule has 12 heavy (non-hydrogen) atoms. The van der Waals surface area contributed by atoms with E-state index in [9.17, 15) is 0 Å². The van der Waals surface area contributed by atoms with Crippen molar-refractivity contribution in [1.29, 1.82) is 0 Å². The van der Waals surface area contributed by atoms with E-state index in [1.54, 1.807) is 0 Å². The normalized spacial score (nSPS) is 9.92. The first-order valence-electron chi connectivity index (χ1n) is 4.36. The van der Waals surface area contributed by atoms with E-state index in [-0.39, 0.29) is 0 Å². The minimum absolute atomic E-state index is 1.02. The number of pyridine rings is 1. The van der Waals surface area contributed by atoms with E-state index in [1.807, 2.05) is 25.2 Å². The number of anilines is 1. The van der Waals surface area contributed by atoms with Gasteiger partial charge in [-0.2, -0.15) is 0 Å². The average Bonchev–Trinajstić information content (AvgIpc) is 2.06. The first-order valence-corrected chi connectivity index (χ1v) is 4.36. The minimum atomic E-state index is 1.02. The lowest BCUT2D eigenvalue weighted by atomic mass is 10.2. The Kier molecular flexibility index (Phi) is 3.09. The van der Waals surface area contributed by atoms with Gasteiger partial charge in [0.05, 0.1) is 0 Å². The molecule has 0 radical (unpaired) electrons. The predicted octanol–water partition coefficient (Wildman–Crippen LogP) is 2.10. The molecule has 0 N–H and O–H groups in total. The van der Waals surface area contributed by atoms with E-state index >= 15 is 0 Å². The van der Waals surface area contributed by atoms with Gasteiger partial charge in [-0.05, 0) is 18.1 Å². The third kappa shape index (κ3) is 2.22. The number of rotatable bonds is 3. The number of nitrogens with zero attached hydrogens (tertiary/aromatic N) is 2. The number of hydrogen-bond acceptors (Lipinski definition) is 2. The van der Waals surface area contributed by atoms with Crippen molar-refractivity contribution in [3.8, 4) is 0 Å². The molecule has 0 spiro atoms. The molecule has 1 rings (SSSR count). The van der Waals surface area contributed by atoms with E-state index in [4.69, 9.17) is 0 Å². The summed E-state index contributed by atoms with van der Waals surface area (Å²) in [6.45, 7) is 2.18. The van der Waals surface area contributed by atoms with Gasteiger partial charge in [0, 0.05) is 20.3 Å². The third-order valence-corrected chi connectivity index (χ3v) is 1.81. The van der Waals surface area contributed by atoms with Gasteiger partial charge in [0.2, 0.25) is 0 Å². The van der Waals surface area contributed by atoms with Crippen LogP contribution in [0.3, 0.4) is 0 Å². The van der Waals surface area contributed by atoms with Crippen molar-refractivity contribution in [1.82, 2.24) is 4.98 Å². The standard InChI is InChI=1S/C10H16N2/c1-4-5-9-6-7-10(11-8-9)12(2)3/h6-8H,4-5H2,1-3H3. The van der Waals surface area contributed by atoms with Crippen LogP contribution in [0.25, 0.3) is 0 Å². The summed E-state index contributed by atoms with van der Waals surface area (Å²) in [6.07, 6.45) is 4.27. The van der Waals surface area contributed by atoms with Crippen molar-refractivity contribution in [3.05, 3.63) is 23.9 Å². The minimum Gasteiger partial charge on any atom is -0.363 e. The molecule has 0 aromatic carbocycles. The summed E-state index contributed by atoms with van der Waals surface area (Å²) in [7, 11) is 4.00. The molecule has 0 fully saturated rings. The van der Waals surface area contributed by atoms with Crippen LogP contribution >= 0.6 is 0 Å². The van der Waals surface area contributed by atoms with Crippen LogP contribution in [0.1, 0.15) is 18.9 Å². The van der Waals surface area contributed by atoms with Crippen molar-refractivity contribution in [2.45, 2.75) is 19.8 Å². The second-order valence-corrected chi connectivity index (χ2v) is 3.17. The molecule has 0 amide bonds. The van der Waals surface area contributed by atoms with Gasteiger partial charge in [0.25, 0.3) is 0 Å². The number of aryl methyl sites for hydroxylation is 1. The Morgan fingerprint density at radius 1 is 1.33 bits per heavy atom. The largest absolute Gasteiger partial charge is 0.363 e. The Hall–Kier alpha value is -1.05. The molecule has 1 aromatic rings. The van der Waals surface area contributed by atoms with Crippen LogP contribution in [0.2, 0.25) is 0 Å². The van der Waals surface area contributed by atoms with Crippen LogP contribution in [-0.4, -0.2) is 19.1 Å². The maximum atomic E-state index is 4.32. The molecule has 1 heterocycles. The highest BCUT2D eigenvalue weighted by molar-refractivity contribution is 5.37. The van der Waals surface area contributed by atoms with Gasteiger partial charge >= 0.3 is 0 Å². The van der Waals surface area contributed by atoms with Crippen LogP contribution in [-0.2, 0) is 6.42 Å². The predicted molar refractivity (Wildman–Crippen MR) is 52.6 cm³/mol. The Labute approximate surface area is 74.2 Å². The van der Waals surface area contributed by atoms with Gasteiger partial charge in [-0.3, -0.25) is 0 Å². The molecule has 1 aromatic heterocycles. The summed E-state index contributed by atoms with van der Waals surface area (Å²) in [5.41, 5.74) is 1.32. The SMILES string of the molecule is CCCc1ccc(N(C)C)nc1. The fourth-order valence-corrected chi connectivity index (χ4v) is 1.12. The molecular formula is C10H16N2. The molecule has 0 saturated heterocycles. The highest BCUT2D eigenvalue weighted by Gasteiger charge is 1.95. The van der Waals surface area contributed by atoms with E-state index in [0.717, 1.165) is 12.2 Å². The first kappa shape index (κ1) is 9.04. The molecule has 2 heteroatoms. The Balaban J connectivity index is 2.71. The van der Waals surface area contributed by atoms with Gasteiger partial charge in [-0.25, -0.2) is 4.98 Å². The maximum absolute atomic E-state index is 4.32. The lowest BCUT2D eigenvalue weighted by Crippen LogP contribution is -2.10. The summed E-state index contributed by atoms with van der Waals surface area (Å²) >= 11 is 0. The lowest BCUT2D eigenvalue weighted by molar-refractivity contribution is 0.910. The fraction of sp³-hybridized carbons (Fsp3) is 0.500. The molecule has 0 aliphatic carbocycles. The summed E-state index contributed by atoms with van der Waals surface area (Å²) in [6, 6.07) is 4.21. The smallest absolute Gasteiger partial charge is 0.127 e. The number of hydrogen-bond donors (Lipinski definition) is 0. The van der Waals surface area contributed by atoms with E-state index in [1.165, 1.54) is 12.0 Å². The topological polar surface area (TPSA) is 16.1 Å². The molecular weight excluding hydrogens is 148 g/mol. The maximum Gasteiger partial charge on any atom is 0.127 e. The van der Waals surface area contributed by atoms with Gasteiger partial charge < -0.3 is 4.90 Å². The van der Waals surface area contributed by atoms with Gasteiger partial charge in [0.1, 0.15) is 5.82 Å². The van der Waals surface area contributed by atoms with Crippen LogP contribution in [0, 0.1) is 0 Å². The van der Waals surface area contributed by atoms with Crippen molar-refractivity contribution >= 4 is 5.82 Å². The summed E-state index contributed by atoms with van der Waals surface area (Å²) in [5, 5.41) is 0. The molecule has 0 unspecified atom stereocenters. The summed E-state index contributed by atoms with van der Waals surface area (Å²) in [5.74, 6) is 1.02. The molecule has 0 atom stereocenters. The first-order chi connectivity index (χ1) is 5.74. The fourth-order valence-electron chi connectivity index (χ4n) is 1.12. The zero-order valence-corrected chi connectivity index (χ0v) is 8.04. The van der Waals surface area contributed by atoms with Crippen molar-refractivity contribution < 1.29 is 0 Å². The van der Waals surface area contributed by atoms with E-state index in [2.05, 4.69) is 24.0 Å². The molecule has 0 saturated carbocycles. The van der Waals surface area contributed by atoms with Crippen LogP contribution in [0.4, 0.5) is 5.82 Å². The van der Waals surface area contributed by atoms with Gasteiger partial charge in [-0.1, -0.05) is 19.4 Å². The van der Waals surface area contributed by atoms with Crippen LogP contribution in [0.15, 0.2) is 18.3 Å². The lowest BCUT2D eigenvalue weighted by Gasteiger charge is -2.10. The van der Waals surface area contributed by atoms with Crippen molar-refractivity contribution in [2.24, 2.45) is 0 Å². The van der Waals surface area contributed by atoms with E-state index < -0.39 is 0 Å². The highest BCUT2D eigenvalue weighted by Crippen LogP contribution is 2.08. The zero-order valence-electron chi connectivity index (χ0n) is 8.04. The second kappa shape index (κ2) is 4.10. The quantitative estimate of drug-likeness (QED) is 0.680.